The summed E-state index contributed by atoms with van der Waals surface area (Å²) >= 11 is 0. The molecule has 0 spiro atoms. The molecule has 1 aromatic heterocycles. The molecular formula is C26H27FN6O3. The molecule has 0 atom stereocenters. The molecule has 2 aliphatic rings. The number of carbonyl (C=O) groups excluding carboxylic acids is 1. The first-order valence-electron chi connectivity index (χ1n) is 11.7. The highest BCUT2D eigenvalue weighted by Gasteiger charge is 2.23. The maximum atomic E-state index is 15.0. The van der Waals surface area contributed by atoms with Gasteiger partial charge in [-0.1, -0.05) is 12.6 Å². The summed E-state index contributed by atoms with van der Waals surface area (Å²) in [4.78, 5) is 25.0. The largest absolute Gasteiger partial charge is 0.438 e. The molecule has 1 saturated heterocycles. The lowest BCUT2D eigenvalue weighted by molar-refractivity contribution is -0.111. The number of nitrogens with one attached hydrogen (secondary N) is 2. The topological polar surface area (TPSA) is 91.8 Å². The number of piperazine rings is 1. The second-order valence-electron chi connectivity index (χ2n) is 8.67. The van der Waals surface area contributed by atoms with Gasteiger partial charge in [0.25, 0.3) is 0 Å². The van der Waals surface area contributed by atoms with Gasteiger partial charge in [-0.05, 0) is 43.5 Å². The van der Waals surface area contributed by atoms with Crippen LogP contribution in [0.5, 0.6) is 11.6 Å². The average molecular weight is 491 g/mol. The van der Waals surface area contributed by atoms with Crippen molar-refractivity contribution in [3.05, 3.63) is 72.2 Å². The highest BCUT2D eigenvalue weighted by molar-refractivity contribution is 5.98. The van der Waals surface area contributed by atoms with Crippen molar-refractivity contribution >= 4 is 28.9 Å². The molecule has 186 valence electrons. The zero-order valence-corrected chi connectivity index (χ0v) is 20.0. The van der Waals surface area contributed by atoms with Crippen LogP contribution in [0, 0.1) is 5.82 Å². The Labute approximate surface area is 208 Å². The van der Waals surface area contributed by atoms with Crippen molar-refractivity contribution in [2.24, 2.45) is 0 Å². The lowest BCUT2D eigenvalue weighted by Gasteiger charge is -2.34. The van der Waals surface area contributed by atoms with Crippen LogP contribution in [0.3, 0.4) is 0 Å². The predicted molar refractivity (Wildman–Crippen MR) is 135 cm³/mol. The summed E-state index contributed by atoms with van der Waals surface area (Å²) in [7, 11) is 2.09. The summed E-state index contributed by atoms with van der Waals surface area (Å²) in [5, 5.41) is 5.68. The van der Waals surface area contributed by atoms with E-state index in [1.165, 1.54) is 12.1 Å². The van der Waals surface area contributed by atoms with Gasteiger partial charge in [-0.3, -0.25) is 4.79 Å². The second kappa shape index (κ2) is 10.3. The van der Waals surface area contributed by atoms with E-state index >= 15 is 4.39 Å². The predicted octanol–water partition coefficient (Wildman–Crippen LogP) is 4.06. The first kappa shape index (κ1) is 23.7. The smallest absolute Gasteiger partial charge is 0.247 e. The number of aromatic nitrogens is 2. The van der Waals surface area contributed by atoms with Crippen LogP contribution < -0.4 is 20.3 Å². The zero-order valence-electron chi connectivity index (χ0n) is 20.0. The van der Waals surface area contributed by atoms with Crippen LogP contribution in [-0.2, 0) is 22.7 Å². The molecule has 0 bridgehead atoms. The molecule has 1 amide bonds. The molecule has 36 heavy (non-hydrogen) atoms. The zero-order chi connectivity index (χ0) is 25.1. The third-order valence-electron chi connectivity index (χ3n) is 6.11. The van der Waals surface area contributed by atoms with Crippen molar-refractivity contribution in [3.63, 3.8) is 0 Å². The number of amides is 1. The second-order valence-corrected chi connectivity index (χ2v) is 8.67. The lowest BCUT2D eigenvalue weighted by Crippen LogP contribution is -2.44. The van der Waals surface area contributed by atoms with E-state index in [-0.39, 0.29) is 23.4 Å². The van der Waals surface area contributed by atoms with Gasteiger partial charge >= 0.3 is 0 Å². The van der Waals surface area contributed by atoms with Gasteiger partial charge < -0.3 is 29.9 Å². The van der Waals surface area contributed by atoms with Crippen LogP contribution in [0.15, 0.2) is 55.1 Å². The molecule has 9 nitrogen and oxygen atoms in total. The van der Waals surface area contributed by atoms with Gasteiger partial charge in [-0.25, -0.2) is 9.37 Å². The van der Waals surface area contributed by atoms with Crippen LogP contribution >= 0.6 is 0 Å². The summed E-state index contributed by atoms with van der Waals surface area (Å²) in [6.07, 6.45) is 1.19. The molecule has 5 rings (SSSR count). The Hall–Kier alpha value is -4.02. The fourth-order valence-corrected chi connectivity index (χ4v) is 4.09. The number of fused-ring (bicyclic) bond motifs is 1. The molecule has 0 unspecified atom stereocenters. The summed E-state index contributed by atoms with van der Waals surface area (Å²) in [5.74, 6) is 0.270. The number of anilines is 4. The molecule has 0 saturated carbocycles. The fourth-order valence-electron chi connectivity index (χ4n) is 4.09. The standard InChI is InChI=1S/C26H27FN6O3/c1-3-24(34)28-17-5-4-6-19(13-17)36-25-20-15-35-16-23(20)30-26(31-25)29-22-8-7-18(14-21(22)27)33-11-9-32(2)10-12-33/h3-8,13-14H,1,9-12,15-16H2,2H3,(H,28,34)(H,29,30,31). The molecule has 2 N–H and O–H groups in total. The monoisotopic (exact) mass is 490 g/mol. The maximum Gasteiger partial charge on any atom is 0.247 e. The molecule has 1 fully saturated rings. The first-order valence-corrected chi connectivity index (χ1v) is 11.7. The van der Waals surface area contributed by atoms with Gasteiger partial charge in [0, 0.05) is 43.6 Å². The van der Waals surface area contributed by atoms with E-state index < -0.39 is 0 Å². The van der Waals surface area contributed by atoms with Crippen LogP contribution in [0.1, 0.15) is 11.3 Å². The summed E-state index contributed by atoms with van der Waals surface area (Å²) < 4.78 is 26.6. The van der Waals surface area contributed by atoms with E-state index in [0.29, 0.717) is 36.2 Å². The number of likely N-dealkylation sites (N-methyl/N-ethyl adjacent to an activating group) is 1. The number of rotatable bonds is 7. The van der Waals surface area contributed by atoms with Gasteiger partial charge in [-0.15, -0.1) is 0 Å². The Morgan fingerprint density at radius 1 is 1.14 bits per heavy atom. The summed E-state index contributed by atoms with van der Waals surface area (Å²) in [6, 6.07) is 12.0. The molecule has 3 aromatic rings. The Kier molecular flexibility index (Phi) is 6.79. The maximum absolute atomic E-state index is 15.0. The minimum absolute atomic E-state index is 0.205. The molecule has 10 heteroatoms. The first-order chi connectivity index (χ1) is 17.5. The van der Waals surface area contributed by atoms with E-state index in [2.05, 4.69) is 44.0 Å². The van der Waals surface area contributed by atoms with Crippen LogP contribution in [-0.4, -0.2) is 54.0 Å². The number of hydrogen-bond acceptors (Lipinski definition) is 8. The Balaban J connectivity index is 1.36. The highest BCUT2D eigenvalue weighted by Crippen LogP contribution is 2.33. The van der Waals surface area contributed by atoms with Crippen LogP contribution in [0.4, 0.5) is 27.4 Å². The Morgan fingerprint density at radius 3 is 2.75 bits per heavy atom. The summed E-state index contributed by atoms with van der Waals surface area (Å²) in [6.45, 7) is 7.68. The van der Waals surface area contributed by atoms with Gasteiger partial charge in [0.05, 0.1) is 30.2 Å². The van der Waals surface area contributed by atoms with Gasteiger partial charge in [0.2, 0.25) is 17.7 Å². The highest BCUT2D eigenvalue weighted by atomic mass is 19.1. The van der Waals surface area contributed by atoms with Crippen molar-refractivity contribution in [3.8, 4) is 11.6 Å². The quantitative estimate of drug-likeness (QED) is 0.479. The number of nitrogens with zero attached hydrogens (tertiary/aromatic N) is 4. The van der Waals surface area contributed by atoms with Gasteiger partial charge in [-0.2, -0.15) is 4.98 Å². The number of carbonyl (C=O) groups is 1. The third-order valence-corrected chi connectivity index (χ3v) is 6.11. The SMILES string of the molecule is C=CC(=O)Nc1cccc(Oc2nc(Nc3ccc(N4CCN(C)CC4)cc3F)nc3c2COC3)c1. The van der Waals surface area contributed by atoms with E-state index in [1.807, 2.05) is 6.07 Å². The third kappa shape index (κ3) is 5.29. The van der Waals surface area contributed by atoms with Crippen molar-refractivity contribution in [2.75, 3.05) is 48.8 Å². The van der Waals surface area contributed by atoms with Crippen molar-refractivity contribution in [1.82, 2.24) is 14.9 Å². The summed E-state index contributed by atoms with van der Waals surface area (Å²) in [5.41, 5.74) is 3.08. The van der Waals surface area contributed by atoms with Gasteiger partial charge in [0.15, 0.2) is 0 Å². The molecular weight excluding hydrogens is 463 g/mol. The van der Waals surface area contributed by atoms with E-state index in [4.69, 9.17) is 9.47 Å². The molecule has 2 aliphatic heterocycles. The normalized spacial score (nSPS) is 15.3. The van der Waals surface area contributed by atoms with Crippen LogP contribution in [0.25, 0.3) is 0 Å². The number of benzene rings is 2. The van der Waals surface area contributed by atoms with Crippen molar-refractivity contribution < 1.29 is 18.7 Å². The van der Waals surface area contributed by atoms with E-state index in [1.54, 1.807) is 30.3 Å². The molecule has 0 aliphatic carbocycles. The number of hydrogen-bond donors (Lipinski definition) is 2. The lowest BCUT2D eigenvalue weighted by atomic mass is 10.2. The number of halogens is 1. The molecule has 0 radical (unpaired) electrons. The van der Waals surface area contributed by atoms with Crippen molar-refractivity contribution in [1.29, 1.82) is 0 Å². The minimum Gasteiger partial charge on any atom is -0.438 e. The Morgan fingerprint density at radius 2 is 1.97 bits per heavy atom. The van der Waals surface area contributed by atoms with Gasteiger partial charge in [0.1, 0.15) is 11.6 Å². The van der Waals surface area contributed by atoms with E-state index in [0.717, 1.165) is 37.4 Å². The fraction of sp³-hybridized carbons (Fsp3) is 0.269. The molecule has 3 heterocycles. The van der Waals surface area contributed by atoms with Crippen molar-refractivity contribution in [2.45, 2.75) is 13.2 Å². The number of ether oxygens (including phenoxy) is 2. The average Bonchev–Trinajstić information content (AvgIpc) is 3.35. The minimum atomic E-state index is -0.389. The molecule has 2 aromatic carbocycles. The van der Waals surface area contributed by atoms with Crippen LogP contribution in [0.2, 0.25) is 0 Å². The van der Waals surface area contributed by atoms with E-state index in [9.17, 15) is 4.79 Å². The Bertz CT molecular complexity index is 1290.